The molecule has 1 amide bonds. The number of aromatic nitrogens is 1. The van der Waals surface area contributed by atoms with Crippen LogP contribution in [0.25, 0.3) is 22.2 Å². The van der Waals surface area contributed by atoms with Gasteiger partial charge in [0.15, 0.2) is 0 Å². The van der Waals surface area contributed by atoms with E-state index < -0.39 is 0 Å². The summed E-state index contributed by atoms with van der Waals surface area (Å²) in [6.45, 7) is 8.22. The predicted octanol–water partition coefficient (Wildman–Crippen LogP) is 6.39. The lowest BCUT2D eigenvalue weighted by Crippen LogP contribution is -2.13. The molecule has 1 heterocycles. The van der Waals surface area contributed by atoms with Crippen molar-refractivity contribution in [2.24, 2.45) is 0 Å². The average molecular weight is 380 g/mol. The molecule has 144 valence electrons. The minimum absolute atomic E-state index is 0.125. The van der Waals surface area contributed by atoms with E-state index in [0.717, 1.165) is 44.5 Å². The summed E-state index contributed by atoms with van der Waals surface area (Å²) < 4.78 is 0. The van der Waals surface area contributed by atoms with E-state index in [2.05, 4.69) is 43.4 Å². The van der Waals surface area contributed by atoms with Gasteiger partial charge >= 0.3 is 0 Å². The summed E-state index contributed by atoms with van der Waals surface area (Å²) in [6, 6.07) is 22.1. The second kappa shape index (κ2) is 7.51. The van der Waals surface area contributed by atoms with Gasteiger partial charge in [-0.2, -0.15) is 0 Å². The second-order valence-electron chi connectivity index (χ2n) is 7.72. The second-order valence-corrected chi connectivity index (χ2v) is 7.72. The number of hydrogen-bond donors (Lipinski definition) is 1. The Morgan fingerprint density at radius 1 is 0.793 bits per heavy atom. The Morgan fingerprint density at radius 3 is 2.24 bits per heavy atom. The molecule has 0 aliphatic rings. The third-order valence-electron chi connectivity index (χ3n) is 5.10. The first-order chi connectivity index (χ1) is 13.9. The molecule has 0 radical (unpaired) electrons. The van der Waals surface area contributed by atoms with Crippen LogP contribution in [0.15, 0.2) is 66.7 Å². The van der Waals surface area contributed by atoms with Crippen LogP contribution in [-0.2, 0) is 0 Å². The third kappa shape index (κ3) is 3.90. The van der Waals surface area contributed by atoms with Crippen molar-refractivity contribution in [3.05, 3.63) is 94.5 Å². The van der Waals surface area contributed by atoms with E-state index in [1.54, 1.807) is 0 Å². The number of benzene rings is 3. The molecule has 4 aromatic rings. The van der Waals surface area contributed by atoms with Crippen LogP contribution in [0.4, 0.5) is 5.69 Å². The minimum Gasteiger partial charge on any atom is -0.322 e. The number of carbonyl (C=O) groups excluding carboxylic acids is 1. The molecule has 0 spiro atoms. The highest BCUT2D eigenvalue weighted by atomic mass is 16.1. The van der Waals surface area contributed by atoms with Crippen molar-refractivity contribution >= 4 is 22.5 Å². The topological polar surface area (TPSA) is 42.0 Å². The minimum atomic E-state index is -0.125. The van der Waals surface area contributed by atoms with Crippen LogP contribution >= 0.6 is 0 Å². The van der Waals surface area contributed by atoms with Gasteiger partial charge in [-0.3, -0.25) is 4.79 Å². The molecule has 0 atom stereocenters. The first-order valence-electron chi connectivity index (χ1n) is 9.78. The first-order valence-corrected chi connectivity index (χ1v) is 9.78. The summed E-state index contributed by atoms with van der Waals surface area (Å²) >= 11 is 0. The number of hydrogen-bond acceptors (Lipinski definition) is 2. The molecule has 3 nitrogen and oxygen atoms in total. The van der Waals surface area contributed by atoms with Gasteiger partial charge in [-0.25, -0.2) is 4.98 Å². The fourth-order valence-electron chi connectivity index (χ4n) is 3.85. The summed E-state index contributed by atoms with van der Waals surface area (Å²) in [4.78, 5) is 18.1. The molecule has 29 heavy (non-hydrogen) atoms. The lowest BCUT2D eigenvalue weighted by Gasteiger charge is -2.13. The predicted molar refractivity (Wildman–Crippen MR) is 121 cm³/mol. The lowest BCUT2D eigenvalue weighted by atomic mass is 9.99. The van der Waals surface area contributed by atoms with E-state index in [0.29, 0.717) is 5.56 Å². The highest BCUT2D eigenvalue weighted by Gasteiger charge is 2.15. The molecule has 4 rings (SSSR count). The van der Waals surface area contributed by atoms with Crippen LogP contribution in [0, 0.1) is 27.7 Å². The number of rotatable bonds is 3. The first kappa shape index (κ1) is 18.9. The summed E-state index contributed by atoms with van der Waals surface area (Å²) in [5.41, 5.74) is 8.70. The van der Waals surface area contributed by atoms with Crippen molar-refractivity contribution in [1.82, 2.24) is 4.98 Å². The molecule has 3 aromatic carbocycles. The van der Waals surface area contributed by atoms with E-state index in [-0.39, 0.29) is 5.91 Å². The average Bonchev–Trinajstić information content (AvgIpc) is 2.66. The maximum absolute atomic E-state index is 13.2. The van der Waals surface area contributed by atoms with Crippen LogP contribution in [0.5, 0.6) is 0 Å². The molecule has 1 N–H and O–H groups in total. The number of nitrogens with zero attached hydrogens (tertiary/aromatic N) is 1. The summed E-state index contributed by atoms with van der Waals surface area (Å²) in [5.74, 6) is -0.125. The smallest absolute Gasteiger partial charge is 0.256 e. The molecule has 0 aliphatic carbocycles. The van der Waals surface area contributed by atoms with E-state index >= 15 is 0 Å². The maximum Gasteiger partial charge on any atom is 0.256 e. The fraction of sp³-hybridized carbons (Fsp3) is 0.154. The Kier molecular flexibility index (Phi) is 4.89. The van der Waals surface area contributed by atoms with Crippen molar-refractivity contribution in [2.75, 3.05) is 5.32 Å². The van der Waals surface area contributed by atoms with E-state index in [1.807, 2.05) is 56.3 Å². The molecule has 3 heteroatoms. The molecule has 0 saturated carbocycles. The third-order valence-corrected chi connectivity index (χ3v) is 5.10. The van der Waals surface area contributed by atoms with Crippen LogP contribution in [-0.4, -0.2) is 10.9 Å². The largest absolute Gasteiger partial charge is 0.322 e. The number of para-hydroxylation sites is 1. The van der Waals surface area contributed by atoms with Gasteiger partial charge in [0.1, 0.15) is 0 Å². The zero-order chi connectivity index (χ0) is 20.5. The molecule has 1 aromatic heterocycles. The lowest BCUT2D eigenvalue weighted by molar-refractivity contribution is 0.102. The number of amides is 1. The molecular formula is C26H24N2O. The molecule has 0 bridgehead atoms. The summed E-state index contributed by atoms with van der Waals surface area (Å²) in [5, 5.41) is 3.92. The van der Waals surface area contributed by atoms with Crippen LogP contribution in [0.1, 0.15) is 32.6 Å². The van der Waals surface area contributed by atoms with Crippen molar-refractivity contribution in [1.29, 1.82) is 0 Å². The number of nitrogens with one attached hydrogen (secondary N) is 1. The Morgan fingerprint density at radius 2 is 1.52 bits per heavy atom. The molecular weight excluding hydrogens is 356 g/mol. The Hall–Kier alpha value is -3.46. The van der Waals surface area contributed by atoms with Crippen molar-refractivity contribution in [3.8, 4) is 11.3 Å². The van der Waals surface area contributed by atoms with Gasteiger partial charge in [-0.05, 0) is 68.7 Å². The normalized spacial score (nSPS) is 10.9. The van der Waals surface area contributed by atoms with Crippen molar-refractivity contribution < 1.29 is 4.79 Å². The van der Waals surface area contributed by atoms with Crippen molar-refractivity contribution in [3.63, 3.8) is 0 Å². The number of carbonyl (C=O) groups is 1. The van der Waals surface area contributed by atoms with Gasteiger partial charge < -0.3 is 5.32 Å². The van der Waals surface area contributed by atoms with Gasteiger partial charge in [0, 0.05) is 16.6 Å². The number of pyridine rings is 1. The highest BCUT2D eigenvalue weighted by molar-refractivity contribution is 6.13. The summed E-state index contributed by atoms with van der Waals surface area (Å²) in [6.07, 6.45) is 0. The highest BCUT2D eigenvalue weighted by Crippen LogP contribution is 2.28. The quantitative estimate of drug-likeness (QED) is 0.447. The Balaban J connectivity index is 1.83. The van der Waals surface area contributed by atoms with Crippen molar-refractivity contribution in [2.45, 2.75) is 27.7 Å². The van der Waals surface area contributed by atoms with Gasteiger partial charge in [0.2, 0.25) is 0 Å². The standard InChI is InChI=1S/C26H24N2O/c1-16-9-10-21(19(4)12-16)25-15-23(22-7-5-6-8-24(22)28-25)26(29)27-20-13-17(2)11-18(3)14-20/h5-15H,1-4H3,(H,27,29). The van der Waals surface area contributed by atoms with Gasteiger partial charge in [0.05, 0.1) is 16.8 Å². The molecule has 0 fully saturated rings. The molecule has 0 aliphatic heterocycles. The van der Waals surface area contributed by atoms with Crippen LogP contribution < -0.4 is 5.32 Å². The number of aryl methyl sites for hydroxylation is 4. The molecule has 0 saturated heterocycles. The Labute approximate surface area is 171 Å². The van der Waals surface area contributed by atoms with Gasteiger partial charge in [0.25, 0.3) is 5.91 Å². The van der Waals surface area contributed by atoms with Gasteiger partial charge in [-0.15, -0.1) is 0 Å². The van der Waals surface area contributed by atoms with E-state index in [9.17, 15) is 4.79 Å². The zero-order valence-corrected chi connectivity index (χ0v) is 17.2. The van der Waals surface area contributed by atoms with Crippen LogP contribution in [0.2, 0.25) is 0 Å². The Bertz CT molecular complexity index is 1220. The number of fused-ring (bicyclic) bond motifs is 1. The maximum atomic E-state index is 13.2. The fourth-order valence-corrected chi connectivity index (χ4v) is 3.85. The summed E-state index contributed by atoms with van der Waals surface area (Å²) in [7, 11) is 0. The molecule has 0 unspecified atom stereocenters. The zero-order valence-electron chi connectivity index (χ0n) is 17.2. The van der Waals surface area contributed by atoms with E-state index in [4.69, 9.17) is 4.98 Å². The SMILES string of the molecule is Cc1cc(C)cc(NC(=O)c2cc(-c3ccc(C)cc3C)nc3ccccc23)c1. The van der Waals surface area contributed by atoms with E-state index in [1.165, 1.54) is 5.56 Å². The number of anilines is 1. The van der Waals surface area contributed by atoms with Crippen LogP contribution in [0.3, 0.4) is 0 Å². The monoisotopic (exact) mass is 380 g/mol. The van der Waals surface area contributed by atoms with Gasteiger partial charge in [-0.1, -0.05) is 48.0 Å².